The van der Waals surface area contributed by atoms with E-state index in [2.05, 4.69) is 40.8 Å². The molecule has 4 rings (SSSR count). The van der Waals surface area contributed by atoms with E-state index in [1.165, 1.54) is 4.88 Å². The van der Waals surface area contributed by atoms with E-state index in [0.717, 1.165) is 27.6 Å². The minimum absolute atomic E-state index is 0.210. The number of aromatic nitrogens is 1. The number of hydrogen-bond acceptors (Lipinski definition) is 6. The highest BCUT2D eigenvalue weighted by atomic mass is 32.1. The van der Waals surface area contributed by atoms with Gasteiger partial charge in [-0.3, -0.25) is 4.99 Å². The minimum atomic E-state index is 0.210. The molecule has 7 heteroatoms. The lowest BCUT2D eigenvalue weighted by Gasteiger charge is -2.02. The van der Waals surface area contributed by atoms with Crippen LogP contribution in [-0.2, 0) is 0 Å². The summed E-state index contributed by atoms with van der Waals surface area (Å²) in [6.07, 6.45) is 1.82. The third-order valence-electron chi connectivity index (χ3n) is 3.55. The minimum Gasteiger partial charge on any atom is -0.454 e. The maximum atomic E-state index is 5.43. The molecule has 0 amide bonds. The molecule has 0 saturated heterocycles. The quantitative estimate of drug-likeness (QED) is 0.646. The topological polar surface area (TPSA) is 48.1 Å². The number of thiazole rings is 1. The Morgan fingerprint density at radius 1 is 1.16 bits per heavy atom. The summed E-state index contributed by atoms with van der Waals surface area (Å²) in [6.45, 7) is 4.40. The van der Waals surface area contributed by atoms with Gasteiger partial charge in [-0.1, -0.05) is 6.07 Å². The maximum Gasteiger partial charge on any atom is 0.231 e. The molecule has 0 unspecified atom stereocenters. The smallest absolute Gasteiger partial charge is 0.231 e. The van der Waals surface area contributed by atoms with Gasteiger partial charge in [0, 0.05) is 11.4 Å². The zero-order valence-electron chi connectivity index (χ0n) is 13.9. The molecule has 1 aromatic carbocycles. The van der Waals surface area contributed by atoms with Crippen molar-refractivity contribution < 1.29 is 9.47 Å². The molecule has 0 bridgehead atoms. The van der Waals surface area contributed by atoms with Gasteiger partial charge in [-0.25, -0.2) is 4.68 Å². The van der Waals surface area contributed by atoms with Gasteiger partial charge in [-0.15, -0.1) is 22.7 Å². The molecule has 0 radical (unpaired) electrons. The van der Waals surface area contributed by atoms with Crippen LogP contribution in [0.4, 0.5) is 0 Å². The molecule has 25 heavy (non-hydrogen) atoms. The maximum absolute atomic E-state index is 5.43. The molecule has 0 atom stereocenters. The number of rotatable bonds is 4. The summed E-state index contributed by atoms with van der Waals surface area (Å²) in [5, 5.41) is 8.86. The predicted molar refractivity (Wildman–Crippen MR) is 102 cm³/mol. The first-order chi connectivity index (χ1) is 12.2. The SMILES string of the molecule is CC(C)N=c1scc(-c2cccs2)n1N=Cc1ccc2c(c1)OCO2. The van der Waals surface area contributed by atoms with E-state index in [1.807, 2.05) is 35.2 Å². The summed E-state index contributed by atoms with van der Waals surface area (Å²) < 4.78 is 12.7. The fraction of sp³-hybridized carbons (Fsp3) is 0.222. The second-order valence-electron chi connectivity index (χ2n) is 5.77. The van der Waals surface area contributed by atoms with Crippen LogP contribution >= 0.6 is 22.7 Å². The van der Waals surface area contributed by atoms with E-state index in [1.54, 1.807) is 22.7 Å². The van der Waals surface area contributed by atoms with Gasteiger partial charge in [-0.05, 0) is 49.1 Å². The van der Waals surface area contributed by atoms with E-state index in [9.17, 15) is 0 Å². The number of thiophene rings is 1. The van der Waals surface area contributed by atoms with Gasteiger partial charge in [0.1, 0.15) is 0 Å². The van der Waals surface area contributed by atoms with Gasteiger partial charge >= 0.3 is 0 Å². The first kappa shape index (κ1) is 16.1. The Morgan fingerprint density at radius 3 is 2.84 bits per heavy atom. The predicted octanol–water partition coefficient (Wildman–Crippen LogP) is 4.20. The van der Waals surface area contributed by atoms with Crippen LogP contribution < -0.4 is 14.3 Å². The Hall–Kier alpha value is -2.38. The molecular formula is C18H17N3O2S2. The van der Waals surface area contributed by atoms with Crippen molar-refractivity contribution in [2.75, 3.05) is 6.79 Å². The summed E-state index contributed by atoms with van der Waals surface area (Å²) in [5.41, 5.74) is 2.01. The van der Waals surface area contributed by atoms with Crippen LogP contribution in [0.15, 0.2) is 51.2 Å². The van der Waals surface area contributed by atoms with Crippen molar-refractivity contribution in [3.63, 3.8) is 0 Å². The molecule has 128 valence electrons. The summed E-state index contributed by atoms with van der Waals surface area (Å²) in [7, 11) is 0. The van der Waals surface area contributed by atoms with Crippen molar-refractivity contribution in [3.05, 3.63) is 51.5 Å². The highest BCUT2D eigenvalue weighted by Gasteiger charge is 2.13. The molecule has 0 saturated carbocycles. The fourth-order valence-corrected chi connectivity index (χ4v) is 4.20. The molecule has 2 aromatic heterocycles. The van der Waals surface area contributed by atoms with E-state index >= 15 is 0 Å². The van der Waals surface area contributed by atoms with Crippen LogP contribution in [-0.4, -0.2) is 23.7 Å². The second kappa shape index (κ2) is 6.85. The Kier molecular flexibility index (Phi) is 4.42. The molecule has 0 N–H and O–H groups in total. The molecule has 0 aliphatic carbocycles. The largest absolute Gasteiger partial charge is 0.454 e. The summed E-state index contributed by atoms with van der Waals surface area (Å²) in [5.74, 6) is 1.53. The van der Waals surface area contributed by atoms with Gasteiger partial charge in [0.05, 0.1) is 16.8 Å². The molecule has 3 heterocycles. The standard InChI is InChI=1S/C18H17N3O2S2/c1-12(2)20-18-21(14(10-25-18)17-4-3-7-24-17)19-9-13-5-6-15-16(8-13)23-11-22-15/h3-10,12H,11H2,1-2H3. The molecule has 1 aliphatic heterocycles. The Labute approximate surface area is 153 Å². The van der Waals surface area contributed by atoms with Crippen molar-refractivity contribution in [2.24, 2.45) is 10.1 Å². The highest BCUT2D eigenvalue weighted by Crippen LogP contribution is 2.32. The summed E-state index contributed by atoms with van der Waals surface area (Å²) >= 11 is 3.30. The molecule has 5 nitrogen and oxygen atoms in total. The molecular weight excluding hydrogens is 354 g/mol. The van der Waals surface area contributed by atoms with Crippen molar-refractivity contribution >= 4 is 28.9 Å². The lowest BCUT2D eigenvalue weighted by Crippen LogP contribution is -2.14. The van der Waals surface area contributed by atoms with Gasteiger partial charge in [0.2, 0.25) is 11.6 Å². The average molecular weight is 371 g/mol. The van der Waals surface area contributed by atoms with E-state index in [0.29, 0.717) is 0 Å². The fourth-order valence-electron chi connectivity index (χ4n) is 2.43. The van der Waals surface area contributed by atoms with Crippen molar-refractivity contribution in [1.82, 2.24) is 4.68 Å². The van der Waals surface area contributed by atoms with E-state index < -0.39 is 0 Å². The van der Waals surface area contributed by atoms with Crippen molar-refractivity contribution in [1.29, 1.82) is 0 Å². The summed E-state index contributed by atoms with van der Waals surface area (Å²) in [4.78, 5) is 6.74. The molecule has 0 spiro atoms. The number of nitrogens with zero attached hydrogens (tertiary/aromatic N) is 3. The number of fused-ring (bicyclic) bond motifs is 1. The Morgan fingerprint density at radius 2 is 2.04 bits per heavy atom. The third kappa shape index (κ3) is 3.38. The van der Waals surface area contributed by atoms with Gasteiger partial charge in [-0.2, -0.15) is 5.10 Å². The lowest BCUT2D eigenvalue weighted by atomic mass is 10.2. The number of hydrogen-bond donors (Lipinski definition) is 0. The van der Waals surface area contributed by atoms with Crippen LogP contribution in [0.2, 0.25) is 0 Å². The second-order valence-corrected chi connectivity index (χ2v) is 7.56. The molecule has 3 aromatic rings. The average Bonchev–Trinajstić information content (AvgIpc) is 3.32. The summed E-state index contributed by atoms with van der Waals surface area (Å²) in [6, 6.07) is 10.2. The van der Waals surface area contributed by atoms with Crippen LogP contribution in [0, 0.1) is 0 Å². The van der Waals surface area contributed by atoms with Crippen molar-refractivity contribution in [2.45, 2.75) is 19.9 Å². The van der Waals surface area contributed by atoms with Gasteiger partial charge in [0.15, 0.2) is 11.5 Å². The van der Waals surface area contributed by atoms with Crippen molar-refractivity contribution in [3.8, 4) is 22.1 Å². The van der Waals surface area contributed by atoms with E-state index in [4.69, 9.17) is 9.47 Å². The van der Waals surface area contributed by atoms with Crippen LogP contribution in [0.25, 0.3) is 10.6 Å². The lowest BCUT2D eigenvalue weighted by molar-refractivity contribution is 0.174. The number of benzene rings is 1. The third-order valence-corrected chi connectivity index (χ3v) is 5.27. The normalized spacial score (nSPS) is 14.1. The Bertz CT molecular complexity index is 969. The van der Waals surface area contributed by atoms with Crippen LogP contribution in [0.1, 0.15) is 19.4 Å². The zero-order valence-corrected chi connectivity index (χ0v) is 15.5. The van der Waals surface area contributed by atoms with E-state index in [-0.39, 0.29) is 12.8 Å². The molecule has 0 fully saturated rings. The molecule has 1 aliphatic rings. The van der Waals surface area contributed by atoms with Gasteiger partial charge < -0.3 is 9.47 Å². The van der Waals surface area contributed by atoms with Crippen LogP contribution in [0.3, 0.4) is 0 Å². The number of ether oxygens (including phenoxy) is 2. The van der Waals surface area contributed by atoms with Gasteiger partial charge in [0.25, 0.3) is 0 Å². The highest BCUT2D eigenvalue weighted by molar-refractivity contribution is 7.14. The Balaban J connectivity index is 1.74. The van der Waals surface area contributed by atoms with Crippen LogP contribution in [0.5, 0.6) is 11.5 Å². The first-order valence-electron chi connectivity index (χ1n) is 7.93. The first-order valence-corrected chi connectivity index (χ1v) is 9.69. The zero-order chi connectivity index (χ0) is 17.2. The monoisotopic (exact) mass is 371 g/mol.